The molecule has 0 aromatic carbocycles. The molecule has 0 aliphatic rings. The second-order valence-electron chi connectivity index (χ2n) is 0.253. The van der Waals surface area contributed by atoms with Gasteiger partial charge in [-0.15, -0.1) is 9.79 Å². The first-order valence-electron chi connectivity index (χ1n) is 0.583. The van der Waals surface area contributed by atoms with Crippen molar-refractivity contribution in [2.45, 2.75) is 0 Å². The molecule has 0 radical (unpaired) electrons. The molecule has 0 saturated heterocycles. The second-order valence-corrected chi connectivity index (χ2v) is 0.758. The van der Waals surface area contributed by atoms with Gasteiger partial charge in [-0.3, -0.25) is 0 Å². The van der Waals surface area contributed by atoms with Crippen molar-refractivity contribution in [2.24, 2.45) is 0 Å². The van der Waals surface area contributed by atoms with Crippen molar-refractivity contribution < 1.29 is 19.8 Å². The third-order valence-electron chi connectivity index (χ3n) is 0. The van der Waals surface area contributed by atoms with Gasteiger partial charge in [0.05, 0.1) is 0 Å². The van der Waals surface area contributed by atoms with E-state index < -0.39 is 8.25 Å². The SMILES string of the molecule is O.O=[P+](O)O.[AlH3]. The third-order valence-corrected chi connectivity index (χ3v) is 0. The van der Waals surface area contributed by atoms with E-state index in [1.165, 1.54) is 0 Å². The van der Waals surface area contributed by atoms with E-state index in [0.29, 0.717) is 0 Å². The molecule has 0 bridgehead atoms. The molecule has 0 amide bonds. The van der Waals surface area contributed by atoms with Gasteiger partial charge in [0.1, 0.15) is 0 Å². The highest BCUT2D eigenvalue weighted by atomic mass is 31.1. The summed E-state index contributed by atoms with van der Waals surface area (Å²) in [5.74, 6) is 0. The Morgan fingerprint density at radius 2 is 1.33 bits per heavy atom. The normalized spacial score (nSPS) is 4.33. The van der Waals surface area contributed by atoms with E-state index in [1.807, 2.05) is 0 Å². The Bertz CT molecular complexity index is 30.5. The third kappa shape index (κ3) is 212. The van der Waals surface area contributed by atoms with Crippen molar-refractivity contribution in [1.82, 2.24) is 0 Å². The summed E-state index contributed by atoms with van der Waals surface area (Å²) in [6, 6.07) is 0. The minimum atomic E-state index is -2.87. The van der Waals surface area contributed by atoms with Gasteiger partial charge in [-0.1, -0.05) is 0 Å². The van der Waals surface area contributed by atoms with Crippen LogP contribution in [0.2, 0.25) is 0 Å². The van der Waals surface area contributed by atoms with Gasteiger partial charge in [-0.05, 0) is 0 Å². The predicted molar refractivity (Wildman–Crippen MR) is 25.6 cm³/mol. The standard InChI is InChI=1S/Al.HO3P.H2O.3H/c;1-4(2)3;;;;/h;(H-,1,2,3);1H2;;;/p+1. The Morgan fingerprint density at radius 3 is 1.33 bits per heavy atom. The van der Waals surface area contributed by atoms with Gasteiger partial charge in [0.2, 0.25) is 0 Å². The van der Waals surface area contributed by atoms with Crippen LogP contribution in [0.1, 0.15) is 0 Å². The molecule has 0 unspecified atom stereocenters. The molecular formula is H7AlO4P+. The van der Waals surface area contributed by atoms with Crippen LogP contribution in [0.5, 0.6) is 0 Å². The fourth-order valence-electron chi connectivity index (χ4n) is 0. The highest BCUT2D eigenvalue weighted by Crippen LogP contribution is 1.98. The Labute approximate surface area is 46.2 Å². The second kappa shape index (κ2) is 9.10. The quantitative estimate of drug-likeness (QED) is 0.282. The molecule has 4 N–H and O–H groups in total. The molecule has 0 fully saturated rings. The van der Waals surface area contributed by atoms with Gasteiger partial charge in [0.15, 0.2) is 17.4 Å². The van der Waals surface area contributed by atoms with E-state index in [4.69, 9.17) is 14.4 Å². The summed E-state index contributed by atoms with van der Waals surface area (Å²) >= 11 is 0. The van der Waals surface area contributed by atoms with Gasteiger partial charge in [-0.2, -0.15) is 0 Å². The van der Waals surface area contributed by atoms with Crippen molar-refractivity contribution in [3.8, 4) is 0 Å². The van der Waals surface area contributed by atoms with Crippen molar-refractivity contribution in [3.05, 3.63) is 0 Å². The number of rotatable bonds is 0. The molecule has 0 spiro atoms. The van der Waals surface area contributed by atoms with E-state index in [2.05, 4.69) is 0 Å². The van der Waals surface area contributed by atoms with Crippen molar-refractivity contribution >= 4 is 25.6 Å². The topological polar surface area (TPSA) is 89.0 Å². The van der Waals surface area contributed by atoms with Crippen LogP contribution >= 0.6 is 8.25 Å². The summed E-state index contributed by atoms with van der Waals surface area (Å²) in [7, 11) is -2.87. The molecule has 0 aliphatic heterocycles. The summed E-state index contributed by atoms with van der Waals surface area (Å²) in [6.07, 6.45) is 0. The molecule has 0 saturated carbocycles. The number of hydrogen-bond acceptors (Lipinski definition) is 1. The van der Waals surface area contributed by atoms with Crippen LogP contribution in [-0.4, -0.2) is 32.6 Å². The van der Waals surface area contributed by atoms with E-state index in [-0.39, 0.29) is 22.8 Å². The Kier molecular flexibility index (Phi) is 24.3. The molecule has 6 heteroatoms. The zero-order valence-electron chi connectivity index (χ0n) is 2.25. The summed E-state index contributed by atoms with van der Waals surface area (Å²) < 4.78 is 8.70. The lowest BCUT2D eigenvalue weighted by molar-refractivity contribution is 0.405. The molecule has 0 aromatic rings. The van der Waals surface area contributed by atoms with Crippen LogP contribution in [0.15, 0.2) is 0 Å². The van der Waals surface area contributed by atoms with E-state index >= 15 is 0 Å². The fourth-order valence-corrected chi connectivity index (χ4v) is 0. The average Bonchev–Trinajstić information content (AvgIpc) is 0.811. The summed E-state index contributed by atoms with van der Waals surface area (Å²) in [5.41, 5.74) is 0. The fraction of sp³-hybridized carbons (Fsp3) is 0. The van der Waals surface area contributed by atoms with Crippen LogP contribution < -0.4 is 0 Å². The lowest BCUT2D eigenvalue weighted by Gasteiger charge is -1.34. The average molecular weight is 129 g/mol. The first-order chi connectivity index (χ1) is 1.73. The van der Waals surface area contributed by atoms with Gasteiger partial charge in [-0.25, -0.2) is 0 Å². The van der Waals surface area contributed by atoms with Crippen LogP contribution in [0.4, 0.5) is 0 Å². The number of hydrogen-bond donors (Lipinski definition) is 2. The van der Waals surface area contributed by atoms with Crippen molar-refractivity contribution in [1.29, 1.82) is 0 Å². The molecule has 0 rings (SSSR count). The highest BCUT2D eigenvalue weighted by molar-refractivity contribution is 7.30. The summed E-state index contributed by atoms with van der Waals surface area (Å²) in [5, 5.41) is 0. The van der Waals surface area contributed by atoms with Crippen molar-refractivity contribution in [2.75, 3.05) is 0 Å². The molecular weight excluding hydrogens is 122 g/mol. The highest BCUT2D eigenvalue weighted by Gasteiger charge is 1.93. The van der Waals surface area contributed by atoms with Gasteiger partial charge >= 0.3 is 8.25 Å². The molecule has 0 aliphatic carbocycles. The first kappa shape index (κ1) is 16.0. The van der Waals surface area contributed by atoms with Crippen LogP contribution in [0.3, 0.4) is 0 Å². The lowest BCUT2D eigenvalue weighted by Crippen LogP contribution is -1.38. The first-order valence-corrected chi connectivity index (χ1v) is 1.75. The van der Waals surface area contributed by atoms with Crippen molar-refractivity contribution in [3.63, 3.8) is 0 Å². The minimum Gasteiger partial charge on any atom is -0.412 e. The van der Waals surface area contributed by atoms with Crippen LogP contribution in [0, 0.1) is 0 Å². The smallest absolute Gasteiger partial charge is 0.412 e. The summed E-state index contributed by atoms with van der Waals surface area (Å²) in [4.78, 5) is 14.2. The Morgan fingerprint density at radius 1 is 1.33 bits per heavy atom. The lowest BCUT2D eigenvalue weighted by atomic mass is 15.8. The molecule has 0 heterocycles. The van der Waals surface area contributed by atoms with E-state index in [1.54, 1.807) is 0 Å². The van der Waals surface area contributed by atoms with Gasteiger partial charge in [0, 0.05) is 4.57 Å². The van der Waals surface area contributed by atoms with Gasteiger partial charge in [0.25, 0.3) is 0 Å². The minimum absolute atomic E-state index is 0. The molecule has 0 atom stereocenters. The molecule has 38 valence electrons. The molecule has 6 heavy (non-hydrogen) atoms. The maximum absolute atomic E-state index is 8.70. The Balaban J connectivity index is -0.0000000450. The maximum Gasteiger partial charge on any atom is 0.692 e. The van der Waals surface area contributed by atoms with Gasteiger partial charge < -0.3 is 5.48 Å². The largest absolute Gasteiger partial charge is 0.692 e. The monoisotopic (exact) mass is 129 g/mol. The zero-order chi connectivity index (χ0) is 3.58. The van der Waals surface area contributed by atoms with E-state index in [9.17, 15) is 0 Å². The maximum atomic E-state index is 8.70. The Hall–Kier alpha value is 0.512. The van der Waals surface area contributed by atoms with Crippen LogP contribution in [-0.2, 0) is 4.57 Å². The summed E-state index contributed by atoms with van der Waals surface area (Å²) in [6.45, 7) is 0. The van der Waals surface area contributed by atoms with E-state index in [0.717, 1.165) is 0 Å². The zero-order valence-corrected chi connectivity index (χ0v) is 3.14. The predicted octanol–water partition coefficient (Wildman–Crippen LogP) is -2.38. The van der Waals surface area contributed by atoms with Crippen LogP contribution in [0.25, 0.3) is 0 Å². The molecule has 4 nitrogen and oxygen atoms in total. The molecule has 0 aromatic heterocycles.